The second kappa shape index (κ2) is 4.89. The zero-order chi connectivity index (χ0) is 11.5. The second-order valence-corrected chi connectivity index (χ2v) is 5.11. The zero-order valence-corrected chi connectivity index (χ0v) is 10.7. The van der Waals surface area contributed by atoms with E-state index in [0.717, 1.165) is 30.5 Å². The average Bonchev–Trinajstić information content (AvgIpc) is 2.81. The minimum Gasteiger partial charge on any atom is -0.356 e. The molecular weight excluding hydrogens is 198 g/mol. The highest BCUT2D eigenvalue weighted by atomic mass is 15.2. The third kappa shape index (κ3) is 2.39. The van der Waals surface area contributed by atoms with Crippen LogP contribution in [0, 0.1) is 12.8 Å². The molecule has 1 aromatic heterocycles. The number of hydrogen-bond acceptors (Lipinski definition) is 2. The van der Waals surface area contributed by atoms with Gasteiger partial charge < -0.3 is 9.88 Å². The van der Waals surface area contributed by atoms with E-state index in [1.807, 2.05) is 0 Å². The molecular formula is C13H23N3. The molecule has 3 nitrogen and oxygen atoms in total. The lowest BCUT2D eigenvalue weighted by Gasteiger charge is -2.15. The summed E-state index contributed by atoms with van der Waals surface area (Å²) in [5.74, 6) is 1.94. The highest BCUT2D eigenvalue weighted by Gasteiger charge is 2.24. The molecule has 1 aliphatic carbocycles. The number of anilines is 1. The van der Waals surface area contributed by atoms with Gasteiger partial charge in [0, 0.05) is 18.8 Å². The van der Waals surface area contributed by atoms with Gasteiger partial charge >= 0.3 is 0 Å². The molecule has 2 rings (SSSR count). The van der Waals surface area contributed by atoms with Crippen molar-refractivity contribution in [2.75, 3.05) is 11.9 Å². The quantitative estimate of drug-likeness (QED) is 0.844. The van der Waals surface area contributed by atoms with Gasteiger partial charge in [0.2, 0.25) is 5.95 Å². The van der Waals surface area contributed by atoms with Gasteiger partial charge in [-0.25, -0.2) is 4.98 Å². The first-order valence-corrected chi connectivity index (χ1v) is 6.50. The number of aryl methyl sites for hydroxylation is 1. The predicted octanol–water partition coefficient (Wildman–Crippen LogP) is 3.37. The lowest BCUT2D eigenvalue weighted by molar-refractivity contribution is 0.497. The average molecular weight is 221 g/mol. The fourth-order valence-corrected chi connectivity index (χ4v) is 2.59. The zero-order valence-electron chi connectivity index (χ0n) is 10.7. The molecule has 2 atom stereocenters. The van der Waals surface area contributed by atoms with E-state index in [0.29, 0.717) is 6.04 Å². The van der Waals surface area contributed by atoms with Gasteiger partial charge in [0.15, 0.2) is 0 Å². The summed E-state index contributed by atoms with van der Waals surface area (Å²) in [6, 6.07) is 0.663. The van der Waals surface area contributed by atoms with Crippen molar-refractivity contribution in [2.24, 2.45) is 5.92 Å². The number of hydrogen-bond donors (Lipinski definition) is 1. The smallest absolute Gasteiger partial charge is 0.203 e. The lowest BCUT2D eigenvalue weighted by Crippen LogP contribution is -2.11. The molecule has 90 valence electrons. The van der Waals surface area contributed by atoms with Crippen LogP contribution in [0.15, 0.2) is 6.20 Å². The molecule has 3 heteroatoms. The van der Waals surface area contributed by atoms with Crippen LogP contribution in [0.2, 0.25) is 0 Å². The summed E-state index contributed by atoms with van der Waals surface area (Å²) < 4.78 is 2.36. The van der Waals surface area contributed by atoms with Gasteiger partial charge in [0.1, 0.15) is 0 Å². The van der Waals surface area contributed by atoms with E-state index in [9.17, 15) is 0 Å². The predicted molar refractivity (Wildman–Crippen MR) is 67.8 cm³/mol. The van der Waals surface area contributed by atoms with Gasteiger partial charge in [-0.1, -0.05) is 13.8 Å². The second-order valence-electron chi connectivity index (χ2n) is 5.11. The van der Waals surface area contributed by atoms with Crippen LogP contribution in [0.5, 0.6) is 0 Å². The number of nitrogens with one attached hydrogen (secondary N) is 1. The standard InChI is InChI=1S/C13H23N3/c1-4-7-14-13-15-11(3)9-16(13)12-6-5-10(2)8-12/h9-10,12H,4-8H2,1-3H3,(H,14,15). The van der Waals surface area contributed by atoms with Gasteiger partial charge in [-0.2, -0.15) is 0 Å². The number of aromatic nitrogens is 2. The van der Waals surface area contributed by atoms with Crippen LogP contribution in [0.4, 0.5) is 5.95 Å². The maximum atomic E-state index is 4.57. The van der Waals surface area contributed by atoms with Crippen LogP contribution >= 0.6 is 0 Å². The summed E-state index contributed by atoms with van der Waals surface area (Å²) >= 11 is 0. The summed E-state index contributed by atoms with van der Waals surface area (Å²) in [7, 11) is 0. The molecule has 0 bridgehead atoms. The van der Waals surface area contributed by atoms with Crippen LogP contribution in [0.1, 0.15) is 51.3 Å². The van der Waals surface area contributed by atoms with E-state index < -0.39 is 0 Å². The van der Waals surface area contributed by atoms with Crippen LogP contribution < -0.4 is 5.32 Å². The molecule has 16 heavy (non-hydrogen) atoms. The molecule has 0 spiro atoms. The van der Waals surface area contributed by atoms with Crippen molar-refractivity contribution in [3.63, 3.8) is 0 Å². The Balaban J connectivity index is 2.12. The highest BCUT2D eigenvalue weighted by molar-refractivity contribution is 5.29. The molecule has 1 heterocycles. The number of rotatable bonds is 4. The number of nitrogens with zero attached hydrogens (tertiary/aromatic N) is 2. The van der Waals surface area contributed by atoms with Crippen molar-refractivity contribution in [2.45, 2.75) is 52.5 Å². The Morgan fingerprint density at radius 3 is 2.94 bits per heavy atom. The summed E-state index contributed by atoms with van der Waals surface area (Å²) in [4.78, 5) is 4.57. The monoisotopic (exact) mass is 221 g/mol. The third-order valence-corrected chi connectivity index (χ3v) is 3.45. The normalized spacial score (nSPS) is 24.9. The Bertz CT molecular complexity index is 343. The summed E-state index contributed by atoms with van der Waals surface area (Å²) in [5.41, 5.74) is 1.12. The van der Waals surface area contributed by atoms with E-state index in [4.69, 9.17) is 0 Å². The molecule has 1 aromatic rings. The maximum Gasteiger partial charge on any atom is 0.203 e. The third-order valence-electron chi connectivity index (χ3n) is 3.45. The van der Waals surface area contributed by atoms with E-state index in [2.05, 4.69) is 41.8 Å². The van der Waals surface area contributed by atoms with Crippen molar-refractivity contribution in [3.05, 3.63) is 11.9 Å². The Morgan fingerprint density at radius 2 is 2.31 bits per heavy atom. The van der Waals surface area contributed by atoms with Crippen molar-refractivity contribution in [3.8, 4) is 0 Å². The molecule has 1 aliphatic rings. The van der Waals surface area contributed by atoms with E-state index >= 15 is 0 Å². The van der Waals surface area contributed by atoms with Crippen molar-refractivity contribution in [1.82, 2.24) is 9.55 Å². The molecule has 0 amide bonds. The highest BCUT2D eigenvalue weighted by Crippen LogP contribution is 2.35. The minimum absolute atomic E-state index is 0.663. The van der Waals surface area contributed by atoms with Gasteiger partial charge in [-0.3, -0.25) is 0 Å². The molecule has 0 radical (unpaired) electrons. The largest absolute Gasteiger partial charge is 0.356 e. The van der Waals surface area contributed by atoms with E-state index in [1.54, 1.807) is 0 Å². The Labute approximate surface area is 98.3 Å². The summed E-state index contributed by atoms with van der Waals surface area (Å²) in [6.45, 7) is 7.62. The Kier molecular flexibility index (Phi) is 3.52. The van der Waals surface area contributed by atoms with Crippen LogP contribution in [0.3, 0.4) is 0 Å². The summed E-state index contributed by atoms with van der Waals surface area (Å²) in [5, 5.41) is 3.43. The first kappa shape index (κ1) is 11.5. The molecule has 0 saturated heterocycles. The number of imidazole rings is 1. The first-order chi connectivity index (χ1) is 7.70. The Hall–Kier alpha value is -0.990. The summed E-state index contributed by atoms with van der Waals surface area (Å²) in [6.07, 6.45) is 7.30. The topological polar surface area (TPSA) is 29.9 Å². The molecule has 0 aliphatic heterocycles. The van der Waals surface area contributed by atoms with Crippen LogP contribution in [-0.2, 0) is 0 Å². The first-order valence-electron chi connectivity index (χ1n) is 6.50. The van der Waals surface area contributed by atoms with Crippen LogP contribution in [0.25, 0.3) is 0 Å². The lowest BCUT2D eigenvalue weighted by atomic mass is 10.1. The Morgan fingerprint density at radius 1 is 1.50 bits per heavy atom. The molecule has 0 aromatic carbocycles. The molecule has 1 fully saturated rings. The minimum atomic E-state index is 0.663. The SMILES string of the molecule is CCCNc1nc(C)cn1C1CCC(C)C1. The van der Waals surface area contributed by atoms with Crippen molar-refractivity contribution < 1.29 is 0 Å². The van der Waals surface area contributed by atoms with Crippen molar-refractivity contribution in [1.29, 1.82) is 0 Å². The maximum absolute atomic E-state index is 4.57. The van der Waals surface area contributed by atoms with Crippen LogP contribution in [-0.4, -0.2) is 16.1 Å². The molecule has 1 N–H and O–H groups in total. The van der Waals surface area contributed by atoms with E-state index in [-0.39, 0.29) is 0 Å². The van der Waals surface area contributed by atoms with Gasteiger partial charge in [-0.05, 0) is 38.5 Å². The van der Waals surface area contributed by atoms with E-state index in [1.165, 1.54) is 19.3 Å². The fraction of sp³-hybridized carbons (Fsp3) is 0.769. The molecule has 1 saturated carbocycles. The van der Waals surface area contributed by atoms with Gasteiger partial charge in [0.05, 0.1) is 5.69 Å². The van der Waals surface area contributed by atoms with Gasteiger partial charge in [-0.15, -0.1) is 0 Å². The van der Waals surface area contributed by atoms with Gasteiger partial charge in [0.25, 0.3) is 0 Å². The fourth-order valence-electron chi connectivity index (χ4n) is 2.59. The van der Waals surface area contributed by atoms with Crippen molar-refractivity contribution >= 4 is 5.95 Å². The molecule has 2 unspecified atom stereocenters.